The van der Waals surface area contributed by atoms with Crippen molar-refractivity contribution >= 4 is 11.9 Å². The van der Waals surface area contributed by atoms with E-state index < -0.39 is 29.5 Å². The minimum Gasteiger partial charge on any atom is -0.369 e. The summed E-state index contributed by atoms with van der Waals surface area (Å²) >= 11 is 0. The van der Waals surface area contributed by atoms with Crippen molar-refractivity contribution in [1.82, 2.24) is 9.97 Å². The number of alkyl halides is 3. The molecule has 1 heterocycles. The molecule has 1 amide bonds. The number of nitrogens with one attached hydrogen (secondary N) is 1. The Balaban J connectivity index is 2.04. The fraction of sp³-hybridized carbons (Fsp3) is 0.267. The van der Waals surface area contributed by atoms with Gasteiger partial charge in [-0.25, -0.2) is 14.4 Å². The number of hydrogen-bond acceptors (Lipinski definition) is 4. The van der Waals surface area contributed by atoms with Crippen LogP contribution in [-0.2, 0) is 17.4 Å². The van der Waals surface area contributed by atoms with Gasteiger partial charge >= 0.3 is 6.18 Å². The molecule has 2 rings (SSSR count). The van der Waals surface area contributed by atoms with Gasteiger partial charge in [0, 0.05) is 12.7 Å². The van der Waals surface area contributed by atoms with Crippen LogP contribution in [0.15, 0.2) is 36.5 Å². The number of hydrogen-bond donors (Lipinski definition) is 2. The van der Waals surface area contributed by atoms with Gasteiger partial charge in [-0.05, 0) is 30.2 Å². The van der Waals surface area contributed by atoms with Gasteiger partial charge in [0.15, 0.2) is 0 Å². The maximum Gasteiger partial charge on any atom is 0.433 e. The van der Waals surface area contributed by atoms with Crippen LogP contribution in [0.2, 0.25) is 0 Å². The predicted octanol–water partition coefficient (Wildman–Crippen LogP) is 2.39. The highest BCUT2D eigenvalue weighted by atomic mass is 19.4. The van der Waals surface area contributed by atoms with Crippen LogP contribution in [0.3, 0.4) is 0 Å². The molecule has 9 heteroatoms. The summed E-state index contributed by atoms with van der Waals surface area (Å²) in [6.45, 7) is -0.0476. The standard InChI is InChI=1S/C15H14F4N4O/c16-11-3-1-9(2-4-11)7-10(13(20)24)8-22-14-21-6-5-12(23-14)15(17,18)19/h1-6,10H,7-8H2,(H2,20,24)(H,21,22,23)/t10-/m1/s1. The number of amides is 1. The van der Waals surface area contributed by atoms with Crippen molar-refractivity contribution in [2.75, 3.05) is 11.9 Å². The molecule has 1 atom stereocenters. The van der Waals surface area contributed by atoms with Gasteiger partial charge in [-0.2, -0.15) is 13.2 Å². The minimum atomic E-state index is -4.59. The van der Waals surface area contributed by atoms with Crippen molar-refractivity contribution in [1.29, 1.82) is 0 Å². The molecule has 128 valence electrons. The molecule has 0 radical (unpaired) electrons. The fourth-order valence-corrected chi connectivity index (χ4v) is 1.99. The summed E-state index contributed by atoms with van der Waals surface area (Å²) in [6, 6.07) is 6.25. The molecule has 24 heavy (non-hydrogen) atoms. The van der Waals surface area contributed by atoms with Gasteiger partial charge in [0.25, 0.3) is 0 Å². The molecular formula is C15H14F4N4O. The number of carbonyl (C=O) groups excluding carboxylic acids is 1. The molecule has 1 aromatic heterocycles. The Morgan fingerprint density at radius 1 is 1.21 bits per heavy atom. The van der Waals surface area contributed by atoms with Gasteiger partial charge < -0.3 is 11.1 Å². The van der Waals surface area contributed by atoms with Crippen LogP contribution < -0.4 is 11.1 Å². The zero-order valence-electron chi connectivity index (χ0n) is 12.3. The van der Waals surface area contributed by atoms with Crippen molar-refractivity contribution in [2.24, 2.45) is 11.7 Å². The summed E-state index contributed by atoms with van der Waals surface area (Å²) in [4.78, 5) is 18.5. The second kappa shape index (κ2) is 7.24. The number of anilines is 1. The second-order valence-corrected chi connectivity index (χ2v) is 5.07. The second-order valence-electron chi connectivity index (χ2n) is 5.07. The first-order chi connectivity index (χ1) is 11.3. The Morgan fingerprint density at radius 2 is 1.88 bits per heavy atom. The van der Waals surface area contributed by atoms with Crippen molar-refractivity contribution < 1.29 is 22.4 Å². The quantitative estimate of drug-likeness (QED) is 0.790. The summed E-state index contributed by atoms with van der Waals surface area (Å²) in [5.41, 5.74) is 4.89. The molecule has 0 unspecified atom stereocenters. The van der Waals surface area contributed by atoms with E-state index in [-0.39, 0.29) is 18.9 Å². The first-order valence-electron chi connectivity index (χ1n) is 6.93. The summed E-state index contributed by atoms with van der Waals surface area (Å²) in [7, 11) is 0. The van der Waals surface area contributed by atoms with Crippen molar-refractivity contribution in [3.05, 3.63) is 53.6 Å². The lowest BCUT2D eigenvalue weighted by atomic mass is 9.98. The zero-order chi connectivity index (χ0) is 17.7. The molecule has 0 saturated carbocycles. The molecule has 3 N–H and O–H groups in total. The van der Waals surface area contributed by atoms with E-state index >= 15 is 0 Å². The Morgan fingerprint density at radius 3 is 2.46 bits per heavy atom. The van der Waals surface area contributed by atoms with E-state index in [2.05, 4.69) is 15.3 Å². The highest BCUT2D eigenvalue weighted by Crippen LogP contribution is 2.27. The van der Waals surface area contributed by atoms with Crippen LogP contribution in [0.4, 0.5) is 23.5 Å². The van der Waals surface area contributed by atoms with Crippen LogP contribution in [0.5, 0.6) is 0 Å². The first-order valence-corrected chi connectivity index (χ1v) is 6.93. The summed E-state index contributed by atoms with van der Waals surface area (Å²) in [5, 5.41) is 2.57. The first kappa shape index (κ1) is 17.6. The third-order valence-corrected chi connectivity index (χ3v) is 3.25. The van der Waals surface area contributed by atoms with Crippen LogP contribution >= 0.6 is 0 Å². The van der Waals surface area contributed by atoms with E-state index in [0.29, 0.717) is 5.56 Å². The SMILES string of the molecule is NC(=O)[C@@H](CNc1nccc(C(F)(F)F)n1)Cc1ccc(F)cc1. The average Bonchev–Trinajstić information content (AvgIpc) is 2.52. The predicted molar refractivity (Wildman–Crippen MR) is 78.3 cm³/mol. The number of nitrogens with two attached hydrogens (primary N) is 1. The highest BCUT2D eigenvalue weighted by molar-refractivity contribution is 5.77. The van der Waals surface area contributed by atoms with E-state index in [9.17, 15) is 22.4 Å². The number of carbonyl (C=O) groups is 1. The van der Waals surface area contributed by atoms with E-state index in [0.717, 1.165) is 12.3 Å². The number of primary amides is 1. The minimum absolute atomic E-state index is 0.0476. The third kappa shape index (κ3) is 4.90. The number of rotatable bonds is 6. The average molecular weight is 342 g/mol. The van der Waals surface area contributed by atoms with Crippen molar-refractivity contribution in [3.8, 4) is 0 Å². The largest absolute Gasteiger partial charge is 0.433 e. The summed E-state index contributed by atoms with van der Waals surface area (Å²) < 4.78 is 50.7. The zero-order valence-corrected chi connectivity index (χ0v) is 12.3. The Kier molecular flexibility index (Phi) is 5.32. The number of nitrogens with zero attached hydrogens (tertiary/aromatic N) is 2. The summed E-state index contributed by atoms with van der Waals surface area (Å²) in [6.07, 6.45) is -3.41. The van der Waals surface area contributed by atoms with Crippen LogP contribution in [0.1, 0.15) is 11.3 Å². The van der Waals surface area contributed by atoms with Gasteiger partial charge in [-0.15, -0.1) is 0 Å². The fourth-order valence-electron chi connectivity index (χ4n) is 1.99. The molecule has 0 aliphatic heterocycles. The molecule has 0 spiro atoms. The number of benzene rings is 1. The molecule has 5 nitrogen and oxygen atoms in total. The van der Waals surface area contributed by atoms with Gasteiger partial charge in [0.1, 0.15) is 11.5 Å². The van der Waals surface area contributed by atoms with E-state index in [1.807, 2.05) is 0 Å². The Bertz CT molecular complexity index is 703. The molecule has 0 fully saturated rings. The topological polar surface area (TPSA) is 80.9 Å². The van der Waals surface area contributed by atoms with Crippen molar-refractivity contribution in [3.63, 3.8) is 0 Å². The normalized spacial score (nSPS) is 12.7. The maximum atomic E-state index is 12.9. The van der Waals surface area contributed by atoms with Gasteiger partial charge in [-0.1, -0.05) is 12.1 Å². The molecular weight excluding hydrogens is 328 g/mol. The smallest absolute Gasteiger partial charge is 0.369 e. The summed E-state index contributed by atoms with van der Waals surface area (Å²) in [5.74, 6) is -2.02. The Hall–Kier alpha value is -2.71. The molecule has 0 aliphatic rings. The maximum absolute atomic E-state index is 12.9. The van der Waals surface area contributed by atoms with E-state index in [1.165, 1.54) is 24.3 Å². The highest BCUT2D eigenvalue weighted by Gasteiger charge is 2.32. The van der Waals surface area contributed by atoms with Crippen LogP contribution in [-0.4, -0.2) is 22.4 Å². The molecule has 0 bridgehead atoms. The van der Waals surface area contributed by atoms with Crippen molar-refractivity contribution in [2.45, 2.75) is 12.6 Å². The molecule has 1 aromatic carbocycles. The molecule has 0 aliphatic carbocycles. The molecule has 0 saturated heterocycles. The van der Waals surface area contributed by atoms with E-state index in [1.54, 1.807) is 0 Å². The van der Waals surface area contributed by atoms with E-state index in [4.69, 9.17) is 5.73 Å². The lowest BCUT2D eigenvalue weighted by Gasteiger charge is -2.15. The number of aromatic nitrogens is 2. The lowest BCUT2D eigenvalue weighted by molar-refractivity contribution is -0.141. The Labute approximate surface area is 134 Å². The third-order valence-electron chi connectivity index (χ3n) is 3.25. The monoisotopic (exact) mass is 342 g/mol. The number of halogens is 4. The lowest BCUT2D eigenvalue weighted by Crippen LogP contribution is -2.31. The van der Waals surface area contributed by atoms with Gasteiger partial charge in [0.05, 0.1) is 5.92 Å². The van der Waals surface area contributed by atoms with Gasteiger partial charge in [0.2, 0.25) is 11.9 Å². The molecule has 2 aromatic rings. The van der Waals surface area contributed by atoms with Crippen LogP contribution in [0.25, 0.3) is 0 Å². The van der Waals surface area contributed by atoms with Gasteiger partial charge in [-0.3, -0.25) is 4.79 Å². The van der Waals surface area contributed by atoms with Crippen LogP contribution in [0, 0.1) is 11.7 Å².